The topological polar surface area (TPSA) is 75.9 Å². The number of nitrogens with zero attached hydrogens (tertiary/aromatic N) is 2. The summed E-state index contributed by atoms with van der Waals surface area (Å²) in [4.78, 5) is 28.3. The predicted octanol–water partition coefficient (Wildman–Crippen LogP) is 2.18. The summed E-state index contributed by atoms with van der Waals surface area (Å²) in [6, 6.07) is 3.92. The van der Waals surface area contributed by atoms with E-state index >= 15 is 0 Å². The number of halogens is 1. The second-order valence-electron chi connectivity index (χ2n) is 7.57. The number of benzene rings is 1. The molecule has 1 aromatic rings. The molecule has 2 amide bonds. The number of nitrogens with two attached hydrogens (primary N) is 1. The van der Waals surface area contributed by atoms with Crippen molar-refractivity contribution in [1.29, 1.82) is 0 Å². The molecule has 0 bridgehead atoms. The molecular formula is C18H24FN3O3. The van der Waals surface area contributed by atoms with Crippen molar-refractivity contribution in [3.63, 3.8) is 0 Å². The van der Waals surface area contributed by atoms with E-state index < -0.39 is 29.7 Å². The van der Waals surface area contributed by atoms with Gasteiger partial charge in [0.25, 0.3) is 0 Å². The number of amides is 2. The summed E-state index contributed by atoms with van der Waals surface area (Å²) in [5.74, 6) is -0.624. The normalized spacial score (nSPS) is 23.6. The molecule has 1 aromatic carbocycles. The number of ether oxygens (including phenoxy) is 1. The zero-order chi connectivity index (χ0) is 18.4. The Kier molecular flexibility index (Phi) is 4.45. The van der Waals surface area contributed by atoms with E-state index in [1.807, 2.05) is 0 Å². The van der Waals surface area contributed by atoms with Crippen LogP contribution in [-0.2, 0) is 16.0 Å². The monoisotopic (exact) mass is 349 g/mol. The van der Waals surface area contributed by atoms with Crippen molar-refractivity contribution in [1.82, 2.24) is 9.80 Å². The minimum absolute atomic E-state index is 0.226. The number of carbonyl (C=O) groups is 2. The van der Waals surface area contributed by atoms with Crippen molar-refractivity contribution in [3.8, 4) is 0 Å². The zero-order valence-corrected chi connectivity index (χ0v) is 14.8. The number of hydrogen-bond acceptors (Lipinski definition) is 4. The molecular weight excluding hydrogens is 325 g/mol. The van der Waals surface area contributed by atoms with Gasteiger partial charge in [-0.25, -0.2) is 9.18 Å². The van der Waals surface area contributed by atoms with Crippen LogP contribution in [0.3, 0.4) is 0 Å². The average Bonchev–Trinajstić information content (AvgIpc) is 2.84. The Bertz CT molecular complexity index is 701. The van der Waals surface area contributed by atoms with E-state index in [2.05, 4.69) is 0 Å². The van der Waals surface area contributed by atoms with Crippen LogP contribution in [0.25, 0.3) is 0 Å². The smallest absolute Gasteiger partial charge is 0.412 e. The molecule has 0 radical (unpaired) electrons. The molecule has 6 nitrogen and oxygen atoms in total. The fraction of sp³-hybridized carbons (Fsp3) is 0.556. The van der Waals surface area contributed by atoms with Crippen LogP contribution in [0.2, 0.25) is 0 Å². The van der Waals surface area contributed by atoms with E-state index in [0.29, 0.717) is 31.5 Å². The van der Waals surface area contributed by atoms with E-state index in [0.717, 1.165) is 5.56 Å². The summed E-state index contributed by atoms with van der Waals surface area (Å²) in [6.07, 6.45) is -0.0993. The Balaban J connectivity index is 2.00. The fourth-order valence-electron chi connectivity index (χ4n) is 3.38. The highest BCUT2D eigenvalue weighted by Gasteiger charge is 2.43. The van der Waals surface area contributed by atoms with Crippen LogP contribution in [0.5, 0.6) is 0 Å². The van der Waals surface area contributed by atoms with Crippen molar-refractivity contribution in [3.05, 3.63) is 35.1 Å². The van der Waals surface area contributed by atoms with Gasteiger partial charge >= 0.3 is 6.09 Å². The summed E-state index contributed by atoms with van der Waals surface area (Å²) in [5, 5.41) is 0. The lowest BCUT2D eigenvalue weighted by Gasteiger charge is -2.42. The lowest BCUT2D eigenvalue weighted by atomic mass is 9.96. The van der Waals surface area contributed by atoms with Gasteiger partial charge in [0.2, 0.25) is 5.91 Å². The van der Waals surface area contributed by atoms with Crippen LogP contribution < -0.4 is 5.73 Å². The Morgan fingerprint density at radius 1 is 1.32 bits per heavy atom. The van der Waals surface area contributed by atoms with Gasteiger partial charge in [-0.05, 0) is 51.3 Å². The molecule has 3 rings (SSSR count). The molecule has 1 saturated heterocycles. The largest absolute Gasteiger partial charge is 0.444 e. The maximum Gasteiger partial charge on any atom is 0.412 e. The quantitative estimate of drug-likeness (QED) is 0.843. The van der Waals surface area contributed by atoms with Gasteiger partial charge in [-0.1, -0.05) is 6.07 Å². The number of hydrogen-bond donors (Lipinski definition) is 1. The standard InChI is InChI=1S/C18H24FN3O3/c1-18(2,3)25-17(24)22-8-6-11-4-5-12(19)10-13(11)15(22)21-9-7-14(20)16(21)23/h4-5,10,14-15H,6-9,20H2,1-3H3/t14-,15?/m0/s1. The van der Waals surface area contributed by atoms with Crippen LogP contribution in [0.1, 0.15) is 44.5 Å². The van der Waals surface area contributed by atoms with Crippen molar-refractivity contribution in [2.24, 2.45) is 5.73 Å². The van der Waals surface area contributed by atoms with Gasteiger partial charge in [0.15, 0.2) is 0 Å². The number of fused-ring (bicyclic) bond motifs is 1. The van der Waals surface area contributed by atoms with Gasteiger partial charge < -0.3 is 15.4 Å². The molecule has 2 N–H and O–H groups in total. The van der Waals surface area contributed by atoms with Crippen molar-refractivity contribution >= 4 is 12.0 Å². The highest BCUT2D eigenvalue weighted by atomic mass is 19.1. The third-order valence-corrected chi connectivity index (χ3v) is 4.51. The minimum Gasteiger partial charge on any atom is -0.444 e. The molecule has 2 aliphatic heterocycles. The van der Waals surface area contributed by atoms with Crippen LogP contribution in [-0.4, -0.2) is 46.5 Å². The van der Waals surface area contributed by atoms with Crippen LogP contribution in [0, 0.1) is 5.82 Å². The average molecular weight is 349 g/mol. The molecule has 0 aliphatic carbocycles. The lowest BCUT2D eigenvalue weighted by molar-refractivity contribution is -0.134. The predicted molar refractivity (Wildman–Crippen MR) is 90.1 cm³/mol. The molecule has 25 heavy (non-hydrogen) atoms. The van der Waals surface area contributed by atoms with Gasteiger partial charge in [-0.3, -0.25) is 9.69 Å². The summed E-state index contributed by atoms with van der Waals surface area (Å²) < 4.78 is 19.4. The molecule has 136 valence electrons. The second-order valence-corrected chi connectivity index (χ2v) is 7.57. The van der Waals surface area contributed by atoms with Gasteiger partial charge in [-0.15, -0.1) is 0 Å². The van der Waals surface area contributed by atoms with Gasteiger partial charge in [0.05, 0.1) is 6.04 Å². The molecule has 0 saturated carbocycles. The molecule has 1 fully saturated rings. The summed E-state index contributed by atoms with van der Waals surface area (Å²) in [7, 11) is 0. The first kappa shape index (κ1) is 17.7. The Morgan fingerprint density at radius 2 is 2.04 bits per heavy atom. The maximum absolute atomic E-state index is 13.9. The van der Waals surface area contributed by atoms with E-state index in [9.17, 15) is 14.0 Å². The van der Waals surface area contributed by atoms with E-state index in [1.165, 1.54) is 17.0 Å². The van der Waals surface area contributed by atoms with E-state index in [-0.39, 0.29) is 5.91 Å². The Labute approximate surface area is 146 Å². The van der Waals surface area contributed by atoms with Crippen molar-refractivity contribution in [2.75, 3.05) is 13.1 Å². The lowest BCUT2D eigenvalue weighted by Crippen LogP contribution is -2.51. The fourth-order valence-corrected chi connectivity index (χ4v) is 3.38. The summed E-state index contributed by atoms with van der Waals surface area (Å²) in [5.41, 5.74) is 6.75. The van der Waals surface area contributed by atoms with Gasteiger partial charge in [0.1, 0.15) is 17.6 Å². The molecule has 2 heterocycles. The van der Waals surface area contributed by atoms with Gasteiger partial charge in [0, 0.05) is 18.7 Å². The highest BCUT2D eigenvalue weighted by Crippen LogP contribution is 2.36. The van der Waals surface area contributed by atoms with E-state index in [1.54, 1.807) is 31.7 Å². The third kappa shape index (κ3) is 3.46. The second kappa shape index (κ2) is 6.29. The summed E-state index contributed by atoms with van der Waals surface area (Å²) >= 11 is 0. The molecule has 0 aromatic heterocycles. The molecule has 0 spiro atoms. The number of rotatable bonds is 1. The minimum atomic E-state index is -0.685. The molecule has 7 heteroatoms. The van der Waals surface area contributed by atoms with Crippen molar-refractivity contribution < 1.29 is 18.7 Å². The SMILES string of the molecule is CC(C)(C)OC(=O)N1CCc2ccc(F)cc2C1N1CC[C@H](N)C1=O. The third-order valence-electron chi connectivity index (χ3n) is 4.51. The number of carbonyl (C=O) groups excluding carboxylic acids is 2. The van der Waals surface area contributed by atoms with E-state index in [4.69, 9.17) is 10.5 Å². The molecule has 1 unspecified atom stereocenters. The van der Waals surface area contributed by atoms with Crippen LogP contribution in [0.4, 0.5) is 9.18 Å². The first-order chi connectivity index (χ1) is 11.7. The first-order valence-corrected chi connectivity index (χ1v) is 8.51. The molecule has 2 aliphatic rings. The Hall–Kier alpha value is -2.15. The summed E-state index contributed by atoms with van der Waals surface area (Å²) in [6.45, 7) is 6.19. The zero-order valence-electron chi connectivity index (χ0n) is 14.8. The van der Waals surface area contributed by atoms with Crippen LogP contribution in [0.15, 0.2) is 18.2 Å². The van der Waals surface area contributed by atoms with Crippen molar-refractivity contribution in [2.45, 2.75) is 51.4 Å². The Morgan fingerprint density at radius 3 is 2.64 bits per heavy atom. The maximum atomic E-state index is 13.9. The van der Waals surface area contributed by atoms with Crippen LogP contribution >= 0.6 is 0 Å². The van der Waals surface area contributed by atoms with Gasteiger partial charge in [-0.2, -0.15) is 0 Å². The molecule has 2 atom stereocenters. The number of likely N-dealkylation sites (tertiary alicyclic amines) is 1. The first-order valence-electron chi connectivity index (χ1n) is 8.51. The highest BCUT2D eigenvalue weighted by molar-refractivity contribution is 5.84.